The van der Waals surface area contributed by atoms with Gasteiger partial charge in [0, 0.05) is 0 Å². The maximum atomic E-state index is 4.22. The molecule has 41 valence electrons. The van der Waals surface area contributed by atoms with E-state index in [0.717, 1.165) is 6.54 Å². The van der Waals surface area contributed by atoms with Crippen molar-refractivity contribution in [2.75, 3.05) is 6.54 Å². The van der Waals surface area contributed by atoms with Crippen molar-refractivity contribution in [3.8, 4) is 0 Å². The Morgan fingerprint density at radius 1 is 1.43 bits per heavy atom. The number of nitrogens with zero attached hydrogens (tertiary/aromatic N) is 1. The summed E-state index contributed by atoms with van der Waals surface area (Å²) < 4.78 is 1.27. The topological polar surface area (TPSA) is 12.4 Å². The molecule has 0 radical (unpaired) electrons. The van der Waals surface area contributed by atoms with Gasteiger partial charge in [0.15, 0.2) is 0 Å². The normalized spacial score (nSPS) is 21.6. The molecule has 0 aromatic heterocycles. The van der Waals surface area contributed by atoms with Crippen molar-refractivity contribution in [2.45, 2.75) is 19.3 Å². The third kappa shape index (κ3) is 1.69. The van der Waals surface area contributed by atoms with Gasteiger partial charge in [-0.3, -0.25) is 0 Å². The maximum absolute atomic E-state index is 4.22. The molecule has 1 heterocycles. The third-order valence-electron chi connectivity index (χ3n) is 1.06. The average Bonchev–Trinajstić information content (AvgIpc) is 1.69. The van der Waals surface area contributed by atoms with Gasteiger partial charge >= 0.3 is 53.4 Å². The van der Waals surface area contributed by atoms with Crippen molar-refractivity contribution < 1.29 is 18.3 Å². The molecule has 2 heteroatoms. The van der Waals surface area contributed by atoms with Crippen LogP contribution in [0.2, 0.25) is 0 Å². The molecule has 0 amide bonds. The van der Waals surface area contributed by atoms with Crippen LogP contribution in [0.4, 0.5) is 0 Å². The van der Waals surface area contributed by atoms with Crippen LogP contribution in [-0.2, 0) is 18.3 Å². The summed E-state index contributed by atoms with van der Waals surface area (Å²) >= 11 is 2.57. The molecule has 0 fully saturated rings. The van der Waals surface area contributed by atoms with Crippen LogP contribution < -0.4 is 0 Å². The van der Waals surface area contributed by atoms with E-state index in [4.69, 9.17) is 0 Å². The molecule has 0 aliphatic carbocycles. The third-order valence-corrected chi connectivity index (χ3v) is 1.77. The molecule has 7 heavy (non-hydrogen) atoms. The number of rotatable bonds is 0. The minimum absolute atomic E-state index is 1.06. The average molecular weight is 183 g/mol. The number of aliphatic imine (C=N–C) groups is 1. The van der Waals surface area contributed by atoms with E-state index in [1.807, 2.05) is 0 Å². The van der Waals surface area contributed by atoms with Crippen LogP contribution in [0.25, 0.3) is 0 Å². The van der Waals surface area contributed by atoms with Crippen LogP contribution in [-0.4, -0.2) is 10.9 Å². The van der Waals surface area contributed by atoms with E-state index in [1.54, 1.807) is 0 Å². The first-order valence-electron chi connectivity index (χ1n) is 2.57. The molecule has 0 spiro atoms. The molecule has 1 nitrogen and oxygen atoms in total. The van der Waals surface area contributed by atoms with E-state index in [0.29, 0.717) is 0 Å². The fourth-order valence-corrected chi connectivity index (χ4v) is 1.16. The fraction of sp³-hybridized carbons (Fsp3) is 0.800. The van der Waals surface area contributed by atoms with Gasteiger partial charge in [0.05, 0.1) is 0 Å². The Morgan fingerprint density at radius 2 is 2.29 bits per heavy atom. The summed E-state index contributed by atoms with van der Waals surface area (Å²) in [7, 11) is 0. The molecule has 1 aliphatic heterocycles. The van der Waals surface area contributed by atoms with E-state index in [2.05, 4.69) is 23.3 Å². The Bertz CT molecular complexity index is 88.1. The number of hydrogen-bond acceptors (Lipinski definition) is 1. The van der Waals surface area contributed by atoms with Gasteiger partial charge in [0.2, 0.25) is 0 Å². The first kappa shape index (κ1) is 5.43. The van der Waals surface area contributed by atoms with Gasteiger partial charge in [0.1, 0.15) is 0 Å². The van der Waals surface area contributed by atoms with E-state index >= 15 is 0 Å². The van der Waals surface area contributed by atoms with Crippen LogP contribution in [0.3, 0.4) is 0 Å². The molecule has 0 saturated carbocycles. The van der Waals surface area contributed by atoms with Crippen molar-refractivity contribution in [3.05, 3.63) is 0 Å². The molecular weight excluding hydrogens is 175 g/mol. The van der Waals surface area contributed by atoms with Gasteiger partial charge in [-0.05, 0) is 0 Å². The first-order chi connectivity index (χ1) is 3.39. The van der Waals surface area contributed by atoms with Crippen molar-refractivity contribution in [3.63, 3.8) is 0 Å². The Balaban J connectivity index is 2.40. The Morgan fingerprint density at radius 3 is 2.57 bits per heavy atom. The van der Waals surface area contributed by atoms with Crippen molar-refractivity contribution >= 4 is 4.31 Å². The molecule has 1 aliphatic rings. The van der Waals surface area contributed by atoms with Crippen LogP contribution in [0.5, 0.6) is 0 Å². The molecule has 0 saturated heterocycles. The molecular formula is C5H8NRu. The molecule has 0 atom stereocenters. The second kappa shape index (κ2) is 2.56. The zero-order valence-corrected chi connectivity index (χ0v) is 5.87. The Kier molecular flexibility index (Phi) is 1.99. The molecule has 0 unspecified atom stereocenters. The second-order valence-electron chi connectivity index (χ2n) is 1.70. The molecule has 0 aromatic carbocycles. The standard InChI is InChI=1S/C5H8N.Ru/c1-2-4-6-5-3-1;/h1-4H2;. The second-order valence-corrected chi connectivity index (χ2v) is 2.70. The molecule has 0 N–H and O–H groups in total. The zero-order valence-electron chi connectivity index (χ0n) is 4.13. The van der Waals surface area contributed by atoms with Crippen LogP contribution in [0, 0.1) is 0 Å². The summed E-state index contributed by atoms with van der Waals surface area (Å²) in [6, 6.07) is 0. The molecule has 0 bridgehead atoms. The Hall–Kier alpha value is 0.293. The van der Waals surface area contributed by atoms with E-state index in [9.17, 15) is 0 Å². The van der Waals surface area contributed by atoms with Gasteiger partial charge in [-0.2, -0.15) is 0 Å². The predicted molar refractivity (Wildman–Crippen MR) is 26.2 cm³/mol. The summed E-state index contributed by atoms with van der Waals surface area (Å²) in [6.45, 7) is 1.06. The van der Waals surface area contributed by atoms with Crippen LogP contribution in [0.15, 0.2) is 4.99 Å². The fourth-order valence-electron chi connectivity index (χ4n) is 0.655. The van der Waals surface area contributed by atoms with Gasteiger partial charge < -0.3 is 0 Å². The SMILES string of the molecule is [Ru][C]1=NCCCC1. The van der Waals surface area contributed by atoms with Crippen LogP contribution >= 0.6 is 0 Å². The zero-order chi connectivity index (χ0) is 5.11. The van der Waals surface area contributed by atoms with Gasteiger partial charge in [-0.1, -0.05) is 0 Å². The van der Waals surface area contributed by atoms with E-state index < -0.39 is 0 Å². The van der Waals surface area contributed by atoms with Gasteiger partial charge in [-0.25, -0.2) is 0 Å². The monoisotopic (exact) mass is 184 g/mol. The van der Waals surface area contributed by atoms with Crippen molar-refractivity contribution in [1.82, 2.24) is 0 Å². The molecule has 1 rings (SSSR count). The Labute approximate surface area is 53.9 Å². The van der Waals surface area contributed by atoms with Gasteiger partial charge in [-0.15, -0.1) is 0 Å². The van der Waals surface area contributed by atoms with Crippen LogP contribution in [0.1, 0.15) is 19.3 Å². The van der Waals surface area contributed by atoms with Gasteiger partial charge in [0.25, 0.3) is 0 Å². The minimum atomic E-state index is 1.06. The molecule has 0 aromatic rings. The van der Waals surface area contributed by atoms with Crippen molar-refractivity contribution in [1.29, 1.82) is 0 Å². The summed E-state index contributed by atoms with van der Waals surface area (Å²) in [5, 5.41) is 0. The number of hydrogen-bond donors (Lipinski definition) is 0. The predicted octanol–water partition coefficient (Wildman–Crippen LogP) is 1.12. The summed E-state index contributed by atoms with van der Waals surface area (Å²) in [5.74, 6) is 0. The van der Waals surface area contributed by atoms with E-state index in [-0.39, 0.29) is 0 Å². The summed E-state index contributed by atoms with van der Waals surface area (Å²) in [4.78, 5) is 4.22. The summed E-state index contributed by atoms with van der Waals surface area (Å²) in [6.07, 6.45) is 3.84. The summed E-state index contributed by atoms with van der Waals surface area (Å²) in [5.41, 5.74) is 0. The quantitative estimate of drug-likeness (QED) is 0.499. The first-order valence-corrected chi connectivity index (χ1v) is 3.44. The van der Waals surface area contributed by atoms with E-state index in [1.165, 1.54) is 23.6 Å². The van der Waals surface area contributed by atoms with Crippen molar-refractivity contribution in [2.24, 2.45) is 4.99 Å².